The summed E-state index contributed by atoms with van der Waals surface area (Å²) in [5, 5.41) is 1.45. The van der Waals surface area contributed by atoms with Crippen molar-refractivity contribution in [1.82, 2.24) is 4.57 Å². The van der Waals surface area contributed by atoms with E-state index < -0.39 is 0 Å². The van der Waals surface area contributed by atoms with Gasteiger partial charge in [-0.15, -0.1) is 0 Å². The highest BCUT2D eigenvalue weighted by molar-refractivity contribution is 5.95. The van der Waals surface area contributed by atoms with Crippen molar-refractivity contribution in [3.63, 3.8) is 0 Å². The zero-order valence-electron chi connectivity index (χ0n) is 25.6. The molecular formula is C42H42N2. The van der Waals surface area contributed by atoms with E-state index in [1.54, 1.807) is 5.56 Å². The van der Waals surface area contributed by atoms with Gasteiger partial charge in [-0.3, -0.25) is 0 Å². The molecule has 2 nitrogen and oxygen atoms in total. The summed E-state index contributed by atoms with van der Waals surface area (Å²) in [5.41, 5.74) is 11.6. The predicted octanol–water partition coefficient (Wildman–Crippen LogP) is 10.5. The van der Waals surface area contributed by atoms with E-state index in [0.717, 1.165) is 25.2 Å². The average molecular weight is 575 g/mol. The molecular weight excluding hydrogens is 532 g/mol. The van der Waals surface area contributed by atoms with Crippen molar-refractivity contribution in [3.05, 3.63) is 126 Å². The first-order valence-corrected chi connectivity index (χ1v) is 17.1. The van der Waals surface area contributed by atoms with E-state index in [-0.39, 0.29) is 0 Å². The summed E-state index contributed by atoms with van der Waals surface area (Å²) in [6.45, 7) is 0. The molecule has 0 bridgehead atoms. The summed E-state index contributed by atoms with van der Waals surface area (Å²) in [4.78, 5) is 2.70. The van der Waals surface area contributed by atoms with Crippen LogP contribution < -0.4 is 4.90 Å². The molecule has 0 spiro atoms. The Morgan fingerprint density at radius 1 is 0.727 bits per heavy atom. The highest BCUT2D eigenvalue weighted by Crippen LogP contribution is 2.49. The highest BCUT2D eigenvalue weighted by Gasteiger charge is 2.40. The van der Waals surface area contributed by atoms with Crippen LogP contribution in [0, 0.1) is 11.8 Å². The standard InChI is InChI=1S/C42H42N2/c1-3-12-29(13-4-1)30-14-11-17-34(26-30)44-40-21-10-8-19-36(40)38-28-32(23-25-42(38)44)31-22-24-41-37(27-31)35-18-7-9-20-39(35)43(41)33-15-5-2-6-16-33/h1-6,9-10,12,15,17,20-25,27-30,33,35,39H,7-8,11,13-14,16,18-19,26H2. The normalized spacial score (nSPS) is 28.3. The average Bonchev–Trinajstić information content (AvgIpc) is 3.61. The Labute approximate surface area is 262 Å². The molecule has 0 saturated carbocycles. The van der Waals surface area contributed by atoms with E-state index in [4.69, 9.17) is 0 Å². The number of allylic oxidation sites excluding steroid dienone is 10. The molecule has 2 aromatic carbocycles. The summed E-state index contributed by atoms with van der Waals surface area (Å²) in [7, 11) is 0. The molecule has 220 valence electrons. The molecule has 5 unspecified atom stereocenters. The van der Waals surface area contributed by atoms with Crippen LogP contribution in [-0.2, 0) is 6.42 Å². The topological polar surface area (TPSA) is 8.17 Å². The third-order valence-corrected chi connectivity index (χ3v) is 11.3. The van der Waals surface area contributed by atoms with Crippen molar-refractivity contribution in [3.8, 4) is 11.1 Å². The Hall–Kier alpha value is -4.04. The lowest BCUT2D eigenvalue weighted by molar-refractivity contribution is 0.366. The van der Waals surface area contributed by atoms with E-state index >= 15 is 0 Å². The molecule has 5 aliphatic carbocycles. The van der Waals surface area contributed by atoms with E-state index in [2.05, 4.69) is 125 Å². The van der Waals surface area contributed by atoms with Crippen LogP contribution in [0.2, 0.25) is 0 Å². The quantitative estimate of drug-likeness (QED) is 0.281. The summed E-state index contributed by atoms with van der Waals surface area (Å²) in [6, 6.07) is 15.6. The molecule has 3 aromatic rings. The molecule has 0 N–H and O–H groups in total. The van der Waals surface area contributed by atoms with Gasteiger partial charge in [-0.05, 0) is 122 Å². The second-order valence-corrected chi connectivity index (χ2v) is 13.7. The van der Waals surface area contributed by atoms with Crippen LogP contribution in [0.4, 0.5) is 5.69 Å². The number of aryl methyl sites for hydroxylation is 1. The largest absolute Gasteiger partial charge is 0.357 e. The Bertz CT molecular complexity index is 1830. The van der Waals surface area contributed by atoms with Gasteiger partial charge < -0.3 is 9.47 Å². The molecule has 2 heterocycles. The van der Waals surface area contributed by atoms with Gasteiger partial charge in [-0.1, -0.05) is 85.0 Å². The van der Waals surface area contributed by atoms with Gasteiger partial charge in [0.25, 0.3) is 0 Å². The monoisotopic (exact) mass is 574 g/mol. The summed E-state index contributed by atoms with van der Waals surface area (Å²) in [6.07, 6.45) is 41.2. The van der Waals surface area contributed by atoms with Crippen molar-refractivity contribution in [2.24, 2.45) is 11.8 Å². The van der Waals surface area contributed by atoms with Crippen molar-refractivity contribution in [2.45, 2.75) is 75.8 Å². The van der Waals surface area contributed by atoms with E-state index in [9.17, 15) is 0 Å². The van der Waals surface area contributed by atoms with Crippen LogP contribution in [0.3, 0.4) is 0 Å². The minimum Gasteiger partial charge on any atom is -0.357 e. The lowest BCUT2D eigenvalue weighted by Gasteiger charge is -2.36. The van der Waals surface area contributed by atoms with Gasteiger partial charge >= 0.3 is 0 Å². The molecule has 0 amide bonds. The van der Waals surface area contributed by atoms with Gasteiger partial charge in [0.15, 0.2) is 0 Å². The molecule has 9 rings (SSSR count). The Morgan fingerprint density at radius 2 is 1.61 bits per heavy atom. The molecule has 0 radical (unpaired) electrons. The van der Waals surface area contributed by atoms with Gasteiger partial charge in [0, 0.05) is 28.4 Å². The maximum Gasteiger partial charge on any atom is 0.0549 e. The zero-order valence-corrected chi connectivity index (χ0v) is 25.6. The lowest BCUT2D eigenvalue weighted by Crippen LogP contribution is -2.41. The fourth-order valence-electron chi connectivity index (χ4n) is 9.18. The summed E-state index contributed by atoms with van der Waals surface area (Å²) < 4.78 is 2.63. The van der Waals surface area contributed by atoms with Crippen LogP contribution in [0.5, 0.6) is 0 Å². The number of hydrogen-bond donors (Lipinski definition) is 0. The molecule has 1 aromatic heterocycles. The van der Waals surface area contributed by atoms with Gasteiger partial charge in [-0.2, -0.15) is 0 Å². The van der Waals surface area contributed by atoms with Crippen molar-refractivity contribution in [2.75, 3.05) is 4.90 Å². The number of rotatable bonds is 4. The van der Waals surface area contributed by atoms with Crippen molar-refractivity contribution >= 4 is 28.4 Å². The number of anilines is 1. The number of nitrogens with zero attached hydrogens (tertiary/aromatic N) is 2. The first-order valence-electron chi connectivity index (χ1n) is 17.1. The second-order valence-electron chi connectivity index (χ2n) is 13.7. The van der Waals surface area contributed by atoms with Gasteiger partial charge in [0.2, 0.25) is 0 Å². The highest BCUT2D eigenvalue weighted by atomic mass is 15.2. The van der Waals surface area contributed by atoms with E-state index in [0.29, 0.717) is 23.9 Å². The first-order chi connectivity index (χ1) is 21.8. The summed E-state index contributed by atoms with van der Waals surface area (Å²) in [5.74, 6) is 1.97. The Kier molecular flexibility index (Phi) is 6.50. The van der Waals surface area contributed by atoms with Crippen molar-refractivity contribution in [1.29, 1.82) is 0 Å². The smallest absolute Gasteiger partial charge is 0.0549 e. The minimum atomic E-state index is 0.442. The van der Waals surface area contributed by atoms with Crippen LogP contribution >= 0.6 is 0 Å². The van der Waals surface area contributed by atoms with E-state index in [1.807, 2.05) is 0 Å². The maximum atomic E-state index is 2.70. The Balaban J connectivity index is 1.10. The van der Waals surface area contributed by atoms with Gasteiger partial charge in [0.1, 0.15) is 0 Å². The molecule has 1 aliphatic heterocycles. The molecule has 6 aliphatic rings. The fourth-order valence-corrected chi connectivity index (χ4v) is 9.18. The molecule has 44 heavy (non-hydrogen) atoms. The second kappa shape index (κ2) is 10.8. The molecule has 0 fully saturated rings. The number of aromatic nitrogens is 1. The Morgan fingerprint density at radius 3 is 2.50 bits per heavy atom. The molecule has 5 atom stereocenters. The lowest BCUT2D eigenvalue weighted by atomic mass is 9.78. The third-order valence-electron chi connectivity index (χ3n) is 11.3. The molecule has 2 heteroatoms. The number of benzene rings is 2. The third kappa shape index (κ3) is 4.29. The minimum absolute atomic E-state index is 0.442. The van der Waals surface area contributed by atoms with Gasteiger partial charge in [-0.25, -0.2) is 0 Å². The van der Waals surface area contributed by atoms with Crippen LogP contribution in [0.25, 0.3) is 33.8 Å². The predicted molar refractivity (Wildman–Crippen MR) is 187 cm³/mol. The van der Waals surface area contributed by atoms with Crippen LogP contribution in [0.15, 0.2) is 109 Å². The van der Waals surface area contributed by atoms with Crippen molar-refractivity contribution < 1.29 is 0 Å². The van der Waals surface area contributed by atoms with E-state index in [1.165, 1.54) is 83.2 Å². The first kappa shape index (κ1) is 26.4. The maximum absolute atomic E-state index is 2.70. The van der Waals surface area contributed by atoms with Crippen LogP contribution in [-0.4, -0.2) is 16.7 Å². The molecule has 0 saturated heterocycles. The van der Waals surface area contributed by atoms with Gasteiger partial charge in [0.05, 0.1) is 17.6 Å². The SMILES string of the molecule is C1=CCC(C2CCC=C(n3c4c(c5cc(-c6ccc7c(c6)C6CCC=CC6N7C6C=CC=CC6)ccc53)CCC=C4)C2)C=C1. The van der Waals surface area contributed by atoms with Crippen LogP contribution in [0.1, 0.15) is 74.1 Å². The summed E-state index contributed by atoms with van der Waals surface area (Å²) >= 11 is 0. The number of fused-ring (bicyclic) bond motifs is 6. The zero-order chi connectivity index (χ0) is 29.0. The number of hydrogen-bond acceptors (Lipinski definition) is 1. The fraction of sp³-hybridized carbons (Fsp3) is 0.333.